The van der Waals surface area contributed by atoms with Gasteiger partial charge in [-0.15, -0.1) is 0 Å². The van der Waals surface area contributed by atoms with Crippen LogP contribution in [0.5, 0.6) is 5.75 Å². The van der Waals surface area contributed by atoms with Gasteiger partial charge in [0.25, 0.3) is 5.91 Å². The minimum atomic E-state index is -1.80. The van der Waals surface area contributed by atoms with E-state index in [1.54, 1.807) is 6.07 Å². The number of amides is 1. The van der Waals surface area contributed by atoms with E-state index < -0.39 is 14.2 Å². The Morgan fingerprint density at radius 2 is 1.75 bits per heavy atom. The maximum Gasteiger partial charge on any atom is 0.252 e. The first-order valence-corrected chi connectivity index (χ1v) is 11.1. The van der Waals surface area contributed by atoms with Crippen LogP contribution in [0.3, 0.4) is 0 Å². The summed E-state index contributed by atoms with van der Waals surface area (Å²) in [7, 11) is -1.80. The molecule has 0 radical (unpaired) electrons. The summed E-state index contributed by atoms with van der Waals surface area (Å²) in [6, 6.07) is 11.4. The maximum atomic E-state index is 11.7. The van der Waals surface area contributed by atoms with E-state index in [0.29, 0.717) is 24.5 Å². The van der Waals surface area contributed by atoms with Crippen LogP contribution in [0.4, 0.5) is 0 Å². The minimum Gasteiger partial charge on any atom is -0.490 e. The Hall–Kier alpha value is -1.85. The Morgan fingerprint density at radius 3 is 2.38 bits per heavy atom. The summed E-state index contributed by atoms with van der Waals surface area (Å²) in [5, 5.41) is 2.06. The van der Waals surface area contributed by atoms with Crippen molar-refractivity contribution in [3.63, 3.8) is 0 Å². The van der Waals surface area contributed by atoms with Gasteiger partial charge in [-0.3, -0.25) is 4.79 Å². The first kappa shape index (κ1) is 18.5. The molecular weight excluding hydrogens is 318 g/mol. The quantitative estimate of drug-likeness (QED) is 0.626. The summed E-state index contributed by atoms with van der Waals surface area (Å²) in [6.07, 6.45) is 0. The standard InChI is InChI=1S/C19H27NO3Si/c1-19(2,3)24(4,5)23-13-12-22-17-15-9-7-6-8-14(15)10-11-16(17)18(20)21/h6-11H,12-13H2,1-5H3,(H2,20,21). The predicted octanol–water partition coefficient (Wildman–Crippen LogP) is 4.34. The zero-order chi connectivity index (χ0) is 18.0. The lowest BCUT2D eigenvalue weighted by molar-refractivity contribution is 0.0995. The summed E-state index contributed by atoms with van der Waals surface area (Å²) < 4.78 is 12.0. The molecule has 0 heterocycles. The van der Waals surface area contributed by atoms with Gasteiger partial charge in [-0.2, -0.15) is 0 Å². The van der Waals surface area contributed by atoms with Gasteiger partial charge in [-0.25, -0.2) is 0 Å². The van der Waals surface area contributed by atoms with E-state index in [9.17, 15) is 4.79 Å². The lowest BCUT2D eigenvalue weighted by atomic mass is 10.0. The van der Waals surface area contributed by atoms with Crippen molar-refractivity contribution in [3.05, 3.63) is 42.0 Å². The Kier molecular flexibility index (Phi) is 5.35. The molecule has 0 bridgehead atoms. The molecule has 0 spiro atoms. The van der Waals surface area contributed by atoms with Crippen LogP contribution in [0, 0.1) is 0 Å². The molecule has 24 heavy (non-hydrogen) atoms. The number of rotatable bonds is 6. The number of hydrogen-bond acceptors (Lipinski definition) is 3. The smallest absolute Gasteiger partial charge is 0.252 e. The van der Waals surface area contributed by atoms with E-state index >= 15 is 0 Å². The van der Waals surface area contributed by atoms with Crippen molar-refractivity contribution in [1.29, 1.82) is 0 Å². The minimum absolute atomic E-state index is 0.158. The highest BCUT2D eigenvalue weighted by molar-refractivity contribution is 6.74. The molecule has 0 saturated carbocycles. The normalized spacial score (nSPS) is 12.4. The largest absolute Gasteiger partial charge is 0.490 e. The van der Waals surface area contributed by atoms with Gasteiger partial charge in [0.1, 0.15) is 12.4 Å². The summed E-state index contributed by atoms with van der Waals surface area (Å²) >= 11 is 0. The van der Waals surface area contributed by atoms with Gasteiger partial charge >= 0.3 is 0 Å². The molecule has 2 aromatic carbocycles. The number of carbonyl (C=O) groups is 1. The van der Waals surface area contributed by atoms with Gasteiger partial charge in [0.05, 0.1) is 12.2 Å². The van der Waals surface area contributed by atoms with Crippen LogP contribution >= 0.6 is 0 Å². The molecule has 0 saturated heterocycles. The molecule has 0 fully saturated rings. The Balaban J connectivity index is 2.15. The highest BCUT2D eigenvalue weighted by atomic mass is 28.4. The van der Waals surface area contributed by atoms with Gasteiger partial charge in [0, 0.05) is 5.39 Å². The lowest BCUT2D eigenvalue weighted by Gasteiger charge is -2.36. The number of primary amides is 1. The van der Waals surface area contributed by atoms with Crippen LogP contribution < -0.4 is 10.5 Å². The molecule has 1 amide bonds. The SMILES string of the molecule is CC(C)(C)[Si](C)(C)OCCOc1c(C(N)=O)ccc2ccccc12. The highest BCUT2D eigenvalue weighted by Crippen LogP contribution is 2.36. The fourth-order valence-electron chi connectivity index (χ4n) is 2.25. The fourth-order valence-corrected chi connectivity index (χ4v) is 3.28. The summed E-state index contributed by atoms with van der Waals surface area (Å²) in [6.45, 7) is 11.9. The average molecular weight is 346 g/mol. The first-order valence-electron chi connectivity index (χ1n) is 8.22. The van der Waals surface area contributed by atoms with Crippen LogP contribution in [0.15, 0.2) is 36.4 Å². The second-order valence-electron chi connectivity index (χ2n) is 7.48. The van der Waals surface area contributed by atoms with Crippen molar-refractivity contribution < 1.29 is 14.0 Å². The topological polar surface area (TPSA) is 61.6 Å². The molecule has 130 valence electrons. The van der Waals surface area contributed by atoms with Crippen molar-refractivity contribution in [2.45, 2.75) is 38.9 Å². The number of ether oxygens (including phenoxy) is 1. The second kappa shape index (κ2) is 6.95. The number of hydrogen-bond donors (Lipinski definition) is 1. The number of nitrogens with two attached hydrogens (primary N) is 1. The zero-order valence-electron chi connectivity index (χ0n) is 15.2. The third-order valence-corrected chi connectivity index (χ3v) is 9.28. The van der Waals surface area contributed by atoms with Crippen molar-refractivity contribution in [1.82, 2.24) is 0 Å². The molecule has 2 N–H and O–H groups in total. The molecule has 0 aliphatic rings. The molecule has 0 aliphatic carbocycles. The first-order chi connectivity index (χ1) is 11.1. The van der Waals surface area contributed by atoms with Crippen molar-refractivity contribution in [3.8, 4) is 5.75 Å². The molecular formula is C19H27NO3Si. The third-order valence-electron chi connectivity index (χ3n) is 4.74. The number of fused-ring (bicyclic) bond motifs is 1. The van der Waals surface area contributed by atoms with E-state index in [1.165, 1.54) is 0 Å². The van der Waals surface area contributed by atoms with Gasteiger partial charge < -0.3 is 14.9 Å². The van der Waals surface area contributed by atoms with Gasteiger partial charge in [0.15, 0.2) is 8.32 Å². The zero-order valence-corrected chi connectivity index (χ0v) is 16.2. The summed E-state index contributed by atoms with van der Waals surface area (Å²) in [5.41, 5.74) is 5.90. The third kappa shape index (κ3) is 3.97. The fraction of sp³-hybridized carbons (Fsp3) is 0.421. The Morgan fingerprint density at radius 1 is 1.08 bits per heavy atom. The molecule has 0 aromatic heterocycles. The predicted molar refractivity (Wildman–Crippen MR) is 101 cm³/mol. The van der Waals surface area contributed by atoms with Gasteiger partial charge in [0.2, 0.25) is 0 Å². The highest BCUT2D eigenvalue weighted by Gasteiger charge is 2.36. The van der Waals surface area contributed by atoms with Gasteiger partial charge in [-0.05, 0) is 29.6 Å². The summed E-state index contributed by atoms with van der Waals surface area (Å²) in [5.74, 6) is 0.0560. The van der Waals surface area contributed by atoms with E-state index in [-0.39, 0.29) is 5.04 Å². The van der Waals surface area contributed by atoms with Crippen LogP contribution in [0.2, 0.25) is 18.1 Å². The molecule has 0 unspecified atom stereocenters. The molecule has 2 rings (SSSR count). The molecule has 4 nitrogen and oxygen atoms in total. The molecule has 0 aliphatic heterocycles. The van der Waals surface area contributed by atoms with E-state index in [0.717, 1.165) is 10.8 Å². The van der Waals surface area contributed by atoms with E-state index in [1.807, 2.05) is 30.3 Å². The Labute approximate surface area is 145 Å². The van der Waals surface area contributed by atoms with Crippen LogP contribution in [-0.4, -0.2) is 27.4 Å². The van der Waals surface area contributed by atoms with Crippen LogP contribution in [0.25, 0.3) is 10.8 Å². The van der Waals surface area contributed by atoms with Crippen molar-refractivity contribution in [2.24, 2.45) is 5.73 Å². The maximum absolute atomic E-state index is 11.7. The second-order valence-corrected chi connectivity index (χ2v) is 12.3. The van der Waals surface area contributed by atoms with Crippen LogP contribution in [-0.2, 0) is 4.43 Å². The molecule has 2 aromatic rings. The summed E-state index contributed by atoms with van der Waals surface area (Å²) in [4.78, 5) is 11.7. The van der Waals surface area contributed by atoms with E-state index in [2.05, 4.69) is 33.9 Å². The molecule has 5 heteroatoms. The monoisotopic (exact) mass is 345 g/mol. The van der Waals surface area contributed by atoms with Crippen LogP contribution in [0.1, 0.15) is 31.1 Å². The van der Waals surface area contributed by atoms with Gasteiger partial charge in [-0.1, -0.05) is 51.1 Å². The van der Waals surface area contributed by atoms with Crippen molar-refractivity contribution >= 4 is 25.0 Å². The Bertz CT molecular complexity index is 735. The number of benzene rings is 2. The van der Waals surface area contributed by atoms with E-state index in [4.69, 9.17) is 14.9 Å². The van der Waals surface area contributed by atoms with Crippen molar-refractivity contribution in [2.75, 3.05) is 13.2 Å². The number of carbonyl (C=O) groups excluding carboxylic acids is 1. The average Bonchev–Trinajstić information content (AvgIpc) is 2.50. The lowest BCUT2D eigenvalue weighted by Crippen LogP contribution is -2.41. The molecule has 0 atom stereocenters.